The molecule has 1 N–H and O–H groups in total. The Morgan fingerprint density at radius 3 is 3.00 bits per heavy atom. The van der Waals surface area contributed by atoms with Gasteiger partial charge in [-0.3, -0.25) is 0 Å². The van der Waals surface area contributed by atoms with Crippen LogP contribution in [0.5, 0.6) is 0 Å². The summed E-state index contributed by atoms with van der Waals surface area (Å²) < 4.78 is 36.7. The molecule has 0 atom stereocenters. The van der Waals surface area contributed by atoms with Crippen LogP contribution in [-0.4, -0.2) is 30.6 Å². The van der Waals surface area contributed by atoms with Crippen molar-refractivity contribution >= 4 is 18.6 Å². The van der Waals surface area contributed by atoms with Gasteiger partial charge in [0.05, 0.1) is 13.2 Å². The second kappa shape index (κ2) is 5.26. The topological polar surface area (TPSA) is 55.8 Å². The highest BCUT2D eigenvalue weighted by Crippen LogP contribution is 2.23. The summed E-state index contributed by atoms with van der Waals surface area (Å²) in [6, 6.07) is 4.73. The van der Waals surface area contributed by atoms with Gasteiger partial charge in [0.2, 0.25) is 0 Å². The van der Waals surface area contributed by atoms with Crippen LogP contribution in [0, 0.1) is 0 Å². The molecule has 0 fully saturated rings. The van der Waals surface area contributed by atoms with E-state index in [1.807, 2.05) is 0 Å². The molecule has 0 spiro atoms. The van der Waals surface area contributed by atoms with Crippen LogP contribution >= 0.6 is 0 Å². The minimum atomic E-state index is -3.62. The maximum Gasteiger partial charge on any atom is 0.492 e. The third-order valence-corrected chi connectivity index (χ3v) is 2.92. The van der Waals surface area contributed by atoms with E-state index in [-0.39, 0.29) is 18.8 Å². The Morgan fingerprint density at radius 1 is 1.58 bits per heavy atom. The van der Waals surface area contributed by atoms with Crippen molar-refractivity contribution < 1.29 is 28.0 Å². The predicted molar refractivity (Wildman–Crippen MR) is 64.1 cm³/mol. The lowest BCUT2D eigenvalue weighted by molar-refractivity contribution is -0.171. The Hall–Kier alpha value is -1.47. The zero-order chi connectivity index (χ0) is 14.0. The van der Waals surface area contributed by atoms with Crippen LogP contribution in [0.2, 0.25) is 0 Å². The minimum absolute atomic E-state index is 0.104. The molecule has 0 amide bonds. The SMILES string of the molecule is CCOC(=O)C(F)(F)Cc1cccc2c1B(O)OC2. The Balaban J connectivity index is 2.25. The van der Waals surface area contributed by atoms with Crippen molar-refractivity contribution in [3.63, 3.8) is 0 Å². The van der Waals surface area contributed by atoms with E-state index in [4.69, 9.17) is 4.65 Å². The number of hydrogen-bond donors (Lipinski definition) is 1. The second-order valence-electron chi connectivity index (χ2n) is 4.25. The van der Waals surface area contributed by atoms with Gasteiger partial charge in [-0.1, -0.05) is 18.2 Å². The summed E-state index contributed by atoms with van der Waals surface area (Å²) in [5, 5.41) is 9.62. The zero-order valence-corrected chi connectivity index (χ0v) is 10.4. The zero-order valence-electron chi connectivity index (χ0n) is 10.4. The van der Waals surface area contributed by atoms with E-state index in [0.29, 0.717) is 11.0 Å². The molecule has 0 saturated carbocycles. The van der Waals surface area contributed by atoms with Crippen molar-refractivity contribution in [1.29, 1.82) is 0 Å². The van der Waals surface area contributed by atoms with E-state index >= 15 is 0 Å². The first-order valence-corrected chi connectivity index (χ1v) is 5.91. The smallest absolute Gasteiger partial charge is 0.462 e. The second-order valence-corrected chi connectivity index (χ2v) is 4.25. The Bertz CT molecular complexity index is 493. The fraction of sp³-hybridized carbons (Fsp3) is 0.417. The standard InChI is InChI=1S/C12H13BF2O4/c1-2-18-11(16)12(14,15)6-8-4-3-5-9-7-19-13(17)10(8)9/h3-5,17H,2,6-7H2,1H3. The average Bonchev–Trinajstić information content (AvgIpc) is 2.72. The molecule has 7 heteroatoms. The number of fused-ring (bicyclic) bond motifs is 1. The molecule has 0 bridgehead atoms. The van der Waals surface area contributed by atoms with Crippen molar-refractivity contribution in [2.24, 2.45) is 0 Å². The first-order chi connectivity index (χ1) is 8.95. The molecule has 0 radical (unpaired) electrons. The molecule has 0 aliphatic carbocycles. The van der Waals surface area contributed by atoms with Gasteiger partial charge in [-0.2, -0.15) is 8.78 Å². The van der Waals surface area contributed by atoms with E-state index in [0.717, 1.165) is 0 Å². The minimum Gasteiger partial charge on any atom is -0.462 e. The number of ether oxygens (including phenoxy) is 1. The maximum atomic E-state index is 13.7. The van der Waals surface area contributed by atoms with Crippen LogP contribution in [0.1, 0.15) is 18.1 Å². The van der Waals surface area contributed by atoms with Crippen molar-refractivity contribution in [3.8, 4) is 0 Å². The summed E-state index contributed by atoms with van der Waals surface area (Å²) in [5.41, 5.74) is 1.18. The molecule has 1 aliphatic rings. The van der Waals surface area contributed by atoms with Gasteiger partial charge in [0, 0.05) is 6.42 Å². The van der Waals surface area contributed by atoms with Gasteiger partial charge in [-0.05, 0) is 23.5 Å². The number of hydrogen-bond acceptors (Lipinski definition) is 4. The first kappa shape index (κ1) is 14.0. The normalized spacial score (nSPS) is 14.4. The van der Waals surface area contributed by atoms with E-state index in [2.05, 4.69) is 4.74 Å². The lowest BCUT2D eigenvalue weighted by Gasteiger charge is -2.16. The number of benzene rings is 1. The maximum absolute atomic E-state index is 13.7. The number of halogens is 2. The molecule has 19 heavy (non-hydrogen) atoms. The van der Waals surface area contributed by atoms with Crippen molar-refractivity contribution in [3.05, 3.63) is 29.3 Å². The van der Waals surface area contributed by atoms with Crippen LogP contribution in [-0.2, 0) is 27.2 Å². The third-order valence-electron chi connectivity index (χ3n) is 2.92. The molecular weight excluding hydrogens is 257 g/mol. The number of carbonyl (C=O) groups excluding carboxylic acids is 1. The van der Waals surface area contributed by atoms with Gasteiger partial charge < -0.3 is 14.4 Å². The summed E-state index contributed by atoms with van der Waals surface area (Å²) in [6.45, 7) is 1.54. The van der Waals surface area contributed by atoms with Crippen molar-refractivity contribution in [2.75, 3.05) is 6.61 Å². The summed E-state index contributed by atoms with van der Waals surface area (Å²) in [5.74, 6) is -5.17. The van der Waals surface area contributed by atoms with Crippen LogP contribution in [0.25, 0.3) is 0 Å². The summed E-state index contributed by atoms with van der Waals surface area (Å²) >= 11 is 0. The van der Waals surface area contributed by atoms with Gasteiger partial charge in [0.15, 0.2) is 0 Å². The largest absolute Gasteiger partial charge is 0.492 e. The Labute approximate surface area is 109 Å². The van der Waals surface area contributed by atoms with E-state index in [1.54, 1.807) is 12.1 Å². The highest BCUT2D eigenvalue weighted by atomic mass is 19.3. The predicted octanol–water partition coefficient (Wildman–Crippen LogP) is 0.645. The quantitative estimate of drug-likeness (QED) is 0.644. The highest BCUT2D eigenvalue weighted by Gasteiger charge is 2.42. The molecule has 1 aromatic carbocycles. The van der Waals surface area contributed by atoms with E-state index in [1.165, 1.54) is 13.0 Å². The Kier molecular flexibility index (Phi) is 3.87. The van der Waals surface area contributed by atoms with E-state index < -0.39 is 25.4 Å². The van der Waals surface area contributed by atoms with Crippen molar-refractivity contribution in [2.45, 2.75) is 25.9 Å². The number of esters is 1. The van der Waals surface area contributed by atoms with E-state index in [9.17, 15) is 18.6 Å². The van der Waals surface area contributed by atoms with Crippen LogP contribution < -0.4 is 5.46 Å². The van der Waals surface area contributed by atoms with Crippen molar-refractivity contribution in [1.82, 2.24) is 0 Å². The molecule has 102 valence electrons. The lowest BCUT2D eigenvalue weighted by Crippen LogP contribution is -2.38. The Morgan fingerprint density at radius 2 is 2.32 bits per heavy atom. The summed E-state index contributed by atoms with van der Waals surface area (Å²) in [4.78, 5) is 11.2. The van der Waals surface area contributed by atoms with Crippen LogP contribution in [0.3, 0.4) is 0 Å². The van der Waals surface area contributed by atoms with Gasteiger partial charge in [0.1, 0.15) is 0 Å². The fourth-order valence-electron chi connectivity index (χ4n) is 2.06. The van der Waals surface area contributed by atoms with Gasteiger partial charge >= 0.3 is 19.0 Å². The third kappa shape index (κ3) is 2.77. The summed E-state index contributed by atoms with van der Waals surface area (Å²) in [7, 11) is -1.22. The lowest BCUT2D eigenvalue weighted by atomic mass is 9.75. The monoisotopic (exact) mass is 270 g/mol. The molecule has 1 aromatic rings. The highest BCUT2D eigenvalue weighted by molar-refractivity contribution is 6.62. The van der Waals surface area contributed by atoms with Crippen LogP contribution in [0.4, 0.5) is 8.78 Å². The first-order valence-electron chi connectivity index (χ1n) is 5.91. The summed E-state index contributed by atoms with van der Waals surface area (Å²) in [6.07, 6.45) is -0.810. The molecule has 1 heterocycles. The fourth-order valence-corrected chi connectivity index (χ4v) is 2.06. The van der Waals surface area contributed by atoms with Gasteiger partial charge in [-0.15, -0.1) is 0 Å². The number of alkyl halides is 2. The molecule has 2 rings (SSSR count). The number of rotatable bonds is 4. The molecule has 4 nitrogen and oxygen atoms in total. The molecular formula is C12H13BF2O4. The molecule has 1 aliphatic heterocycles. The van der Waals surface area contributed by atoms with Gasteiger partial charge in [0.25, 0.3) is 0 Å². The molecule has 0 saturated heterocycles. The molecule has 0 unspecified atom stereocenters. The van der Waals surface area contributed by atoms with Gasteiger partial charge in [-0.25, -0.2) is 4.79 Å². The van der Waals surface area contributed by atoms with Crippen LogP contribution in [0.15, 0.2) is 18.2 Å². The molecule has 0 aromatic heterocycles. The average molecular weight is 270 g/mol. The number of carbonyl (C=O) groups is 1.